The summed E-state index contributed by atoms with van der Waals surface area (Å²) in [5.41, 5.74) is 11.2. The van der Waals surface area contributed by atoms with Crippen LogP contribution in [0.4, 0.5) is 0 Å². The van der Waals surface area contributed by atoms with Crippen LogP contribution in [0.25, 0.3) is 44.2 Å². The molecule has 0 aliphatic heterocycles. The van der Waals surface area contributed by atoms with Gasteiger partial charge in [-0.15, -0.1) is 0 Å². The van der Waals surface area contributed by atoms with Crippen LogP contribution >= 0.6 is 11.8 Å². The smallest absolute Gasteiger partial charge is 0.161 e. The molecule has 0 aliphatic carbocycles. The van der Waals surface area contributed by atoms with E-state index in [1.165, 1.54) is 32.9 Å². The highest BCUT2D eigenvalue weighted by Crippen LogP contribution is 2.33. The van der Waals surface area contributed by atoms with E-state index >= 15 is 0 Å². The standard InChI is InChI=1S/C47H40N4S/c1-4-5-16-38(33-52-3)40-30-34(32-49-47(37-19-10-7-11-20-37)50-46(48-2)36-17-8-6-9-18-36)29-39(31-40)35-25-27-41(28-26-35)51-44-23-14-12-21-42(44)43-22-13-15-24-45(43)51/h4-31H,2,32-33H2,1,3H3/b5-4-,38-16+,49-47-,50-46-. The third kappa shape index (κ3) is 7.51. The van der Waals surface area contributed by atoms with Gasteiger partial charge in [-0.05, 0) is 90.2 Å². The van der Waals surface area contributed by atoms with E-state index in [1.807, 2.05) is 72.4 Å². The van der Waals surface area contributed by atoms with Gasteiger partial charge in [-0.25, -0.2) is 9.98 Å². The van der Waals surface area contributed by atoms with E-state index in [-0.39, 0.29) is 0 Å². The number of para-hydroxylation sites is 2. The van der Waals surface area contributed by atoms with Gasteiger partial charge in [-0.1, -0.05) is 127 Å². The van der Waals surface area contributed by atoms with Gasteiger partial charge < -0.3 is 4.57 Å². The van der Waals surface area contributed by atoms with E-state index in [0.29, 0.717) is 18.2 Å². The number of benzene rings is 6. The van der Waals surface area contributed by atoms with Gasteiger partial charge in [-0.3, -0.25) is 4.99 Å². The van der Waals surface area contributed by atoms with Crippen molar-refractivity contribution in [3.63, 3.8) is 0 Å². The Morgan fingerprint density at radius 1 is 0.654 bits per heavy atom. The van der Waals surface area contributed by atoms with Crippen molar-refractivity contribution in [2.24, 2.45) is 15.0 Å². The Morgan fingerprint density at radius 3 is 1.85 bits per heavy atom. The predicted octanol–water partition coefficient (Wildman–Crippen LogP) is 11.9. The summed E-state index contributed by atoms with van der Waals surface area (Å²) in [5, 5.41) is 2.52. The molecule has 0 amide bonds. The van der Waals surface area contributed by atoms with Gasteiger partial charge in [0, 0.05) is 33.3 Å². The summed E-state index contributed by atoms with van der Waals surface area (Å²) in [4.78, 5) is 14.4. The lowest BCUT2D eigenvalue weighted by atomic mass is 9.96. The maximum absolute atomic E-state index is 5.13. The molecule has 0 fully saturated rings. The molecule has 4 nitrogen and oxygen atoms in total. The average Bonchev–Trinajstić information content (AvgIpc) is 3.54. The largest absolute Gasteiger partial charge is 0.309 e. The van der Waals surface area contributed by atoms with E-state index in [4.69, 9.17) is 9.98 Å². The molecule has 0 unspecified atom stereocenters. The average molecular weight is 693 g/mol. The van der Waals surface area contributed by atoms with Crippen LogP contribution in [-0.2, 0) is 6.54 Å². The fourth-order valence-corrected chi connectivity index (χ4v) is 7.13. The monoisotopic (exact) mass is 692 g/mol. The normalized spacial score (nSPS) is 12.6. The third-order valence-electron chi connectivity index (χ3n) is 9.03. The molecule has 0 atom stereocenters. The van der Waals surface area contributed by atoms with Crippen LogP contribution in [0.2, 0.25) is 0 Å². The Balaban J connectivity index is 1.31. The Labute approximate surface area is 310 Å². The second-order valence-electron chi connectivity index (χ2n) is 12.5. The van der Waals surface area contributed by atoms with Gasteiger partial charge in [-0.2, -0.15) is 11.8 Å². The lowest BCUT2D eigenvalue weighted by molar-refractivity contribution is 1.06. The SMILES string of the molecule is C=N/C(=N\C(=N/Cc1cc(/C(=C/C=C\C)CSC)cc(-c2ccc(-n3c4ccccc4c4ccccc43)cc2)c1)c1ccccc1)c1ccccc1. The summed E-state index contributed by atoms with van der Waals surface area (Å²) in [6.07, 6.45) is 8.56. The molecule has 5 heteroatoms. The number of aromatic nitrogens is 1. The minimum atomic E-state index is 0.448. The molecule has 6 aromatic carbocycles. The number of rotatable bonds is 10. The number of allylic oxidation sites excluding steroid dienone is 3. The molecule has 0 spiro atoms. The summed E-state index contributed by atoms with van der Waals surface area (Å²) in [7, 11) is 0. The molecule has 0 N–H and O–H groups in total. The van der Waals surface area contributed by atoms with Gasteiger partial charge in [0.2, 0.25) is 0 Å². The van der Waals surface area contributed by atoms with E-state index in [1.54, 1.807) is 0 Å². The van der Waals surface area contributed by atoms with Crippen LogP contribution in [-0.4, -0.2) is 35.0 Å². The molecular formula is C47H40N4S. The number of fused-ring (bicyclic) bond motifs is 3. The van der Waals surface area contributed by atoms with Gasteiger partial charge in [0.15, 0.2) is 11.7 Å². The molecule has 254 valence electrons. The fraction of sp³-hybridized carbons (Fsp3) is 0.0851. The first-order valence-corrected chi connectivity index (χ1v) is 18.8. The second kappa shape index (κ2) is 16.3. The van der Waals surface area contributed by atoms with Crippen LogP contribution in [0.15, 0.2) is 185 Å². The van der Waals surface area contributed by atoms with Crippen LogP contribution in [0.3, 0.4) is 0 Å². The first-order valence-electron chi connectivity index (χ1n) is 17.4. The van der Waals surface area contributed by atoms with E-state index in [0.717, 1.165) is 39.3 Å². The fourth-order valence-electron chi connectivity index (χ4n) is 6.56. The Morgan fingerprint density at radius 2 is 1.25 bits per heavy atom. The molecule has 0 bridgehead atoms. The van der Waals surface area contributed by atoms with Crippen molar-refractivity contribution in [2.45, 2.75) is 13.5 Å². The molecule has 1 aromatic heterocycles. The minimum absolute atomic E-state index is 0.448. The molecule has 7 aromatic rings. The van der Waals surface area contributed by atoms with Gasteiger partial charge in [0.1, 0.15) is 0 Å². The number of hydrogen-bond acceptors (Lipinski definition) is 2. The summed E-state index contributed by atoms with van der Waals surface area (Å²) >= 11 is 1.82. The zero-order valence-electron chi connectivity index (χ0n) is 29.5. The third-order valence-corrected chi connectivity index (χ3v) is 9.63. The topological polar surface area (TPSA) is 42.0 Å². The van der Waals surface area contributed by atoms with Crippen LogP contribution in [0.1, 0.15) is 29.2 Å². The van der Waals surface area contributed by atoms with Crippen LogP contribution in [0.5, 0.6) is 0 Å². The maximum Gasteiger partial charge on any atom is 0.161 e. The zero-order valence-corrected chi connectivity index (χ0v) is 30.3. The van der Waals surface area contributed by atoms with Crippen molar-refractivity contribution in [1.82, 2.24) is 4.57 Å². The first-order chi connectivity index (χ1) is 25.7. The maximum atomic E-state index is 5.13. The van der Waals surface area contributed by atoms with E-state index < -0.39 is 0 Å². The summed E-state index contributed by atoms with van der Waals surface area (Å²) in [5.74, 6) is 2.05. The Bertz CT molecular complexity index is 2400. The van der Waals surface area contributed by atoms with Crippen LogP contribution in [0, 0.1) is 0 Å². The van der Waals surface area contributed by atoms with Gasteiger partial charge >= 0.3 is 0 Å². The molecule has 0 radical (unpaired) electrons. The van der Waals surface area contributed by atoms with Crippen molar-refractivity contribution in [3.05, 3.63) is 192 Å². The highest BCUT2D eigenvalue weighted by molar-refractivity contribution is 7.99. The van der Waals surface area contributed by atoms with Gasteiger partial charge in [0.25, 0.3) is 0 Å². The lowest BCUT2D eigenvalue weighted by Gasteiger charge is -2.14. The first kappa shape index (κ1) is 34.4. The molecule has 0 saturated carbocycles. The van der Waals surface area contributed by atoms with E-state index in [9.17, 15) is 0 Å². The van der Waals surface area contributed by atoms with Crippen molar-refractivity contribution in [1.29, 1.82) is 0 Å². The number of nitrogens with zero attached hydrogens (tertiary/aromatic N) is 4. The second-order valence-corrected chi connectivity index (χ2v) is 13.3. The van der Waals surface area contributed by atoms with E-state index in [2.05, 4.69) is 139 Å². The van der Waals surface area contributed by atoms with Crippen molar-refractivity contribution in [3.8, 4) is 16.8 Å². The highest BCUT2D eigenvalue weighted by atomic mass is 32.2. The molecule has 52 heavy (non-hydrogen) atoms. The van der Waals surface area contributed by atoms with Gasteiger partial charge in [0.05, 0.1) is 17.6 Å². The molecule has 1 heterocycles. The predicted molar refractivity (Wildman–Crippen MR) is 227 cm³/mol. The van der Waals surface area contributed by atoms with Crippen LogP contribution < -0.4 is 0 Å². The molecule has 7 rings (SSSR count). The minimum Gasteiger partial charge on any atom is -0.309 e. The van der Waals surface area contributed by atoms with Crippen molar-refractivity contribution in [2.75, 3.05) is 12.0 Å². The summed E-state index contributed by atoms with van der Waals surface area (Å²) in [6.45, 7) is 6.32. The Kier molecular flexibility index (Phi) is 10.8. The van der Waals surface area contributed by atoms with Crippen molar-refractivity contribution >= 4 is 57.5 Å². The van der Waals surface area contributed by atoms with Crippen molar-refractivity contribution < 1.29 is 0 Å². The molecule has 0 saturated heterocycles. The Hall–Kier alpha value is -6.04. The number of hydrogen-bond donors (Lipinski definition) is 0. The number of aliphatic imine (C=N–C) groups is 3. The number of thioether (sulfide) groups is 1. The molecule has 0 aliphatic rings. The highest BCUT2D eigenvalue weighted by Gasteiger charge is 2.13. The number of amidine groups is 2. The summed E-state index contributed by atoms with van der Waals surface area (Å²) < 4.78 is 2.36. The summed E-state index contributed by atoms with van der Waals surface area (Å²) in [6, 6.07) is 53.0. The lowest BCUT2D eigenvalue weighted by Crippen LogP contribution is -2.05. The zero-order chi connectivity index (χ0) is 35.7. The molecular weight excluding hydrogens is 653 g/mol. The quantitative estimate of drug-likeness (QED) is 0.0799.